The molecule has 3 N–H and O–H groups in total. The Bertz CT molecular complexity index is 651. The van der Waals surface area contributed by atoms with Gasteiger partial charge in [0.25, 0.3) is 0 Å². The van der Waals surface area contributed by atoms with E-state index < -0.39 is 15.6 Å². The van der Waals surface area contributed by atoms with Crippen molar-refractivity contribution in [3.8, 4) is 0 Å². The second kappa shape index (κ2) is 10.1. The molecule has 9 heteroatoms. The number of hydrogen-bond acceptors (Lipinski definition) is 3. The Balaban J connectivity index is 0.00000529. The van der Waals surface area contributed by atoms with Crippen molar-refractivity contribution in [2.45, 2.75) is 32.9 Å². The number of nitrogens with one attached hydrogen (secondary N) is 3. The van der Waals surface area contributed by atoms with Gasteiger partial charge in [0.2, 0.25) is 10.0 Å². The molecule has 0 saturated carbocycles. The highest BCUT2D eigenvalue weighted by molar-refractivity contribution is 14.0. The van der Waals surface area contributed by atoms with Gasteiger partial charge < -0.3 is 10.6 Å². The molecule has 0 fully saturated rings. The molecule has 24 heavy (non-hydrogen) atoms. The van der Waals surface area contributed by atoms with Crippen LogP contribution in [0.5, 0.6) is 0 Å². The Morgan fingerprint density at radius 1 is 1.25 bits per heavy atom. The smallest absolute Gasteiger partial charge is 0.209 e. The van der Waals surface area contributed by atoms with E-state index in [1.165, 1.54) is 6.07 Å². The zero-order chi connectivity index (χ0) is 17.5. The lowest BCUT2D eigenvalue weighted by Gasteiger charge is -2.26. The topological polar surface area (TPSA) is 82.6 Å². The largest absolute Gasteiger partial charge is 0.357 e. The van der Waals surface area contributed by atoms with Crippen molar-refractivity contribution >= 4 is 40.0 Å². The minimum atomic E-state index is -3.30. The summed E-state index contributed by atoms with van der Waals surface area (Å²) in [6, 6.07) is 6.46. The van der Waals surface area contributed by atoms with E-state index >= 15 is 0 Å². The molecule has 138 valence electrons. The third-order valence-electron chi connectivity index (χ3n) is 2.87. The van der Waals surface area contributed by atoms with Crippen LogP contribution in [0.25, 0.3) is 0 Å². The maximum atomic E-state index is 13.6. The van der Waals surface area contributed by atoms with E-state index in [-0.39, 0.29) is 36.3 Å². The molecule has 0 aromatic heterocycles. The third kappa shape index (κ3) is 9.38. The van der Waals surface area contributed by atoms with Crippen molar-refractivity contribution in [3.05, 3.63) is 35.6 Å². The second-order valence-corrected chi connectivity index (χ2v) is 7.65. The lowest BCUT2D eigenvalue weighted by molar-refractivity contribution is 0.446. The summed E-state index contributed by atoms with van der Waals surface area (Å²) in [6.07, 6.45) is 1.12. The van der Waals surface area contributed by atoms with E-state index in [0.29, 0.717) is 24.6 Å². The monoisotopic (exact) mass is 472 g/mol. The van der Waals surface area contributed by atoms with Crippen molar-refractivity contribution in [3.63, 3.8) is 0 Å². The highest BCUT2D eigenvalue weighted by Gasteiger charge is 2.22. The highest BCUT2D eigenvalue weighted by Crippen LogP contribution is 2.07. The maximum absolute atomic E-state index is 13.6. The van der Waals surface area contributed by atoms with Crippen LogP contribution in [0.4, 0.5) is 4.39 Å². The summed E-state index contributed by atoms with van der Waals surface area (Å²) in [7, 11) is -3.30. The van der Waals surface area contributed by atoms with Crippen LogP contribution in [0.15, 0.2) is 29.3 Å². The lowest BCUT2D eigenvalue weighted by atomic mass is 10.1. The van der Waals surface area contributed by atoms with E-state index in [4.69, 9.17) is 0 Å². The molecule has 6 nitrogen and oxygen atoms in total. The maximum Gasteiger partial charge on any atom is 0.209 e. The van der Waals surface area contributed by atoms with Crippen molar-refractivity contribution in [1.29, 1.82) is 0 Å². The van der Waals surface area contributed by atoms with Crippen LogP contribution in [-0.2, 0) is 16.6 Å². The second-order valence-electron chi connectivity index (χ2n) is 5.90. The van der Waals surface area contributed by atoms with Crippen molar-refractivity contribution < 1.29 is 12.8 Å². The molecule has 0 amide bonds. The van der Waals surface area contributed by atoms with Gasteiger partial charge in [-0.2, -0.15) is 0 Å². The fourth-order valence-corrected chi connectivity index (χ4v) is 3.05. The molecule has 1 aromatic rings. The molecule has 0 radical (unpaired) electrons. The summed E-state index contributed by atoms with van der Waals surface area (Å²) >= 11 is 0. The predicted octanol–water partition coefficient (Wildman–Crippen LogP) is 1.83. The van der Waals surface area contributed by atoms with E-state index in [0.717, 1.165) is 6.26 Å². The van der Waals surface area contributed by atoms with Crippen LogP contribution >= 0.6 is 24.0 Å². The summed E-state index contributed by atoms with van der Waals surface area (Å²) in [5.41, 5.74) is -0.180. The minimum Gasteiger partial charge on any atom is -0.357 e. The van der Waals surface area contributed by atoms with Gasteiger partial charge in [0.1, 0.15) is 5.82 Å². The summed E-state index contributed by atoms with van der Waals surface area (Å²) in [6.45, 7) is 6.62. The first-order chi connectivity index (χ1) is 10.6. The van der Waals surface area contributed by atoms with Gasteiger partial charge in [-0.05, 0) is 26.8 Å². The Morgan fingerprint density at radius 2 is 1.88 bits per heavy atom. The predicted molar refractivity (Wildman–Crippen MR) is 107 cm³/mol. The fraction of sp³-hybridized carbons (Fsp3) is 0.533. The SMILES string of the molecule is CCNC(=NCc1ccccc1F)NCC(C)(C)NS(C)(=O)=O.I. The molecular weight excluding hydrogens is 446 g/mol. The van der Waals surface area contributed by atoms with Gasteiger partial charge in [-0.3, -0.25) is 0 Å². The molecule has 0 heterocycles. The van der Waals surface area contributed by atoms with Crippen LogP contribution in [0.1, 0.15) is 26.3 Å². The van der Waals surface area contributed by atoms with Crippen molar-refractivity contribution in [2.75, 3.05) is 19.3 Å². The molecule has 0 unspecified atom stereocenters. The van der Waals surface area contributed by atoms with Crippen LogP contribution in [-0.4, -0.2) is 39.3 Å². The zero-order valence-electron chi connectivity index (χ0n) is 14.4. The zero-order valence-corrected chi connectivity index (χ0v) is 17.5. The molecule has 0 aliphatic rings. The Hall–Kier alpha value is -0.940. The van der Waals surface area contributed by atoms with E-state index in [2.05, 4.69) is 20.3 Å². The van der Waals surface area contributed by atoms with Crippen LogP contribution in [0.2, 0.25) is 0 Å². The molecule has 0 saturated heterocycles. The number of rotatable bonds is 7. The number of benzene rings is 1. The molecule has 0 atom stereocenters. The standard InChI is InChI=1S/C15H25FN4O2S.HI/c1-5-17-14(18-10-12-8-6-7-9-13(12)16)19-11-15(2,3)20-23(4,21)22;/h6-9,20H,5,10-11H2,1-4H3,(H2,17,18,19);1H. The first kappa shape index (κ1) is 23.1. The first-order valence-corrected chi connectivity index (χ1v) is 9.26. The third-order valence-corrected chi connectivity index (χ3v) is 3.79. The number of sulfonamides is 1. The van der Waals surface area contributed by atoms with Gasteiger partial charge in [-0.1, -0.05) is 18.2 Å². The van der Waals surface area contributed by atoms with Crippen LogP contribution < -0.4 is 15.4 Å². The quantitative estimate of drug-likeness (QED) is 0.321. The summed E-state index contributed by atoms with van der Waals surface area (Å²) in [5, 5.41) is 6.11. The number of aliphatic imine (C=N–C) groups is 1. The average molecular weight is 472 g/mol. The van der Waals surface area contributed by atoms with Gasteiger partial charge in [0.05, 0.1) is 12.8 Å². The molecule has 0 aliphatic heterocycles. The number of halogens is 2. The van der Waals surface area contributed by atoms with Crippen molar-refractivity contribution in [1.82, 2.24) is 15.4 Å². The minimum absolute atomic E-state index is 0. The van der Waals surface area contributed by atoms with Gasteiger partial charge in [-0.25, -0.2) is 22.5 Å². The normalized spacial score (nSPS) is 12.5. The van der Waals surface area contributed by atoms with Crippen molar-refractivity contribution in [2.24, 2.45) is 4.99 Å². The molecule has 0 bridgehead atoms. The summed E-state index contributed by atoms with van der Waals surface area (Å²) in [4.78, 5) is 4.32. The first-order valence-electron chi connectivity index (χ1n) is 7.37. The van der Waals surface area contributed by atoms with E-state index in [9.17, 15) is 12.8 Å². The summed E-state index contributed by atoms with van der Waals surface area (Å²) < 4.78 is 38.8. The fourth-order valence-electron chi connectivity index (χ4n) is 1.98. The Morgan fingerprint density at radius 3 is 2.42 bits per heavy atom. The van der Waals surface area contributed by atoms with Crippen LogP contribution in [0.3, 0.4) is 0 Å². The molecule has 1 aromatic carbocycles. The van der Waals surface area contributed by atoms with Gasteiger partial charge in [0.15, 0.2) is 5.96 Å². The van der Waals surface area contributed by atoms with Gasteiger partial charge in [-0.15, -0.1) is 24.0 Å². The lowest BCUT2D eigenvalue weighted by Crippen LogP contribution is -2.53. The summed E-state index contributed by atoms with van der Waals surface area (Å²) in [5.74, 6) is 0.199. The Kier molecular flexibility index (Phi) is 9.74. The van der Waals surface area contributed by atoms with Crippen LogP contribution in [0, 0.1) is 5.82 Å². The molecule has 1 rings (SSSR count). The van der Waals surface area contributed by atoms with E-state index in [1.54, 1.807) is 32.0 Å². The Labute approximate surface area is 160 Å². The van der Waals surface area contributed by atoms with Gasteiger partial charge in [0, 0.05) is 24.2 Å². The van der Waals surface area contributed by atoms with E-state index in [1.807, 2.05) is 6.92 Å². The molecule has 0 spiro atoms. The number of hydrogen-bond donors (Lipinski definition) is 3. The average Bonchev–Trinajstić information content (AvgIpc) is 2.41. The number of nitrogens with zero attached hydrogens (tertiary/aromatic N) is 1. The number of guanidine groups is 1. The molecular formula is C15H26FIN4O2S. The molecule has 0 aliphatic carbocycles. The highest BCUT2D eigenvalue weighted by atomic mass is 127. The van der Waals surface area contributed by atoms with Gasteiger partial charge >= 0.3 is 0 Å².